The van der Waals surface area contributed by atoms with Gasteiger partial charge in [0.1, 0.15) is 6.04 Å². The van der Waals surface area contributed by atoms with Crippen LogP contribution in [-0.4, -0.2) is 28.7 Å². The number of thiophene rings is 2. The molecule has 4 rings (SSSR count). The normalized spacial score (nSPS) is 16.6. The fourth-order valence-corrected chi connectivity index (χ4v) is 4.66. The van der Waals surface area contributed by atoms with Crippen molar-refractivity contribution < 1.29 is 14.4 Å². The lowest BCUT2D eigenvalue weighted by Crippen LogP contribution is -2.44. The minimum atomic E-state index is -0.833. The number of rotatable bonds is 5. The summed E-state index contributed by atoms with van der Waals surface area (Å²) in [5, 5.41) is 4.26. The van der Waals surface area contributed by atoms with Crippen LogP contribution in [0.4, 0.5) is 5.69 Å². The molecule has 8 heteroatoms. The van der Waals surface area contributed by atoms with Crippen LogP contribution in [0.15, 0.2) is 59.3 Å². The second kappa shape index (κ2) is 7.87. The first-order valence-corrected chi connectivity index (χ1v) is 10.7. The highest BCUT2D eigenvalue weighted by Gasteiger charge is 2.44. The summed E-state index contributed by atoms with van der Waals surface area (Å²) < 4.78 is 0. The Labute approximate surface area is 174 Å². The molecule has 142 valence electrons. The van der Waals surface area contributed by atoms with E-state index in [9.17, 15) is 14.4 Å². The van der Waals surface area contributed by atoms with E-state index in [0.717, 1.165) is 9.78 Å². The van der Waals surface area contributed by atoms with Crippen LogP contribution in [0.3, 0.4) is 0 Å². The number of hydrogen-bond acceptors (Lipinski definition) is 5. The van der Waals surface area contributed by atoms with Crippen molar-refractivity contribution in [2.45, 2.75) is 19.0 Å². The maximum Gasteiger partial charge on any atom is 0.264 e. The first kappa shape index (κ1) is 18.9. The summed E-state index contributed by atoms with van der Waals surface area (Å²) in [6.45, 7) is 0.284. The number of benzene rings is 1. The third-order valence-corrected chi connectivity index (χ3v) is 6.45. The molecule has 0 saturated carbocycles. The molecule has 28 heavy (non-hydrogen) atoms. The minimum absolute atomic E-state index is 0.0377. The van der Waals surface area contributed by atoms with Gasteiger partial charge < -0.3 is 4.90 Å². The van der Waals surface area contributed by atoms with E-state index in [1.54, 1.807) is 36.4 Å². The number of amides is 3. The van der Waals surface area contributed by atoms with Gasteiger partial charge in [-0.3, -0.25) is 14.4 Å². The molecule has 0 bridgehead atoms. The molecule has 1 atom stereocenters. The van der Waals surface area contributed by atoms with Gasteiger partial charge in [-0.15, -0.1) is 22.7 Å². The van der Waals surface area contributed by atoms with Gasteiger partial charge in [0.2, 0.25) is 5.91 Å². The summed E-state index contributed by atoms with van der Waals surface area (Å²) in [5.74, 6) is -0.964. The molecule has 1 unspecified atom stereocenters. The summed E-state index contributed by atoms with van der Waals surface area (Å²) in [6.07, 6.45) is -0.0377. The molecular formula is C20H15ClN2O3S2. The van der Waals surface area contributed by atoms with E-state index in [0.29, 0.717) is 15.6 Å². The largest absolute Gasteiger partial charge is 0.320 e. The van der Waals surface area contributed by atoms with E-state index in [2.05, 4.69) is 0 Å². The van der Waals surface area contributed by atoms with Crippen molar-refractivity contribution >= 4 is 57.7 Å². The van der Waals surface area contributed by atoms with Crippen LogP contribution in [-0.2, 0) is 16.1 Å². The van der Waals surface area contributed by atoms with Crippen LogP contribution < -0.4 is 4.90 Å². The molecule has 3 amide bonds. The zero-order valence-corrected chi connectivity index (χ0v) is 17.0. The number of anilines is 1. The molecule has 1 aliphatic heterocycles. The molecule has 3 aromatic rings. The van der Waals surface area contributed by atoms with Crippen molar-refractivity contribution in [3.8, 4) is 0 Å². The van der Waals surface area contributed by atoms with Crippen molar-refractivity contribution in [1.82, 2.24) is 4.90 Å². The Hall–Kier alpha value is -2.48. The van der Waals surface area contributed by atoms with Crippen molar-refractivity contribution in [2.24, 2.45) is 0 Å². The van der Waals surface area contributed by atoms with Gasteiger partial charge in [-0.1, -0.05) is 23.7 Å². The molecule has 2 aromatic heterocycles. The van der Waals surface area contributed by atoms with Crippen LogP contribution in [0.25, 0.3) is 0 Å². The predicted octanol–water partition coefficient (Wildman–Crippen LogP) is 4.44. The Morgan fingerprint density at radius 1 is 1.07 bits per heavy atom. The van der Waals surface area contributed by atoms with Gasteiger partial charge in [0.05, 0.1) is 23.5 Å². The molecule has 1 saturated heterocycles. The molecule has 0 aliphatic carbocycles. The molecule has 1 fully saturated rings. The van der Waals surface area contributed by atoms with E-state index in [1.165, 1.54) is 27.6 Å². The van der Waals surface area contributed by atoms with Crippen LogP contribution in [0.1, 0.15) is 21.0 Å². The van der Waals surface area contributed by atoms with Crippen molar-refractivity contribution in [1.29, 1.82) is 0 Å². The molecular weight excluding hydrogens is 416 g/mol. The number of carbonyl (C=O) groups excluding carboxylic acids is 3. The summed E-state index contributed by atoms with van der Waals surface area (Å²) in [4.78, 5) is 43.0. The van der Waals surface area contributed by atoms with Crippen LogP contribution >= 0.6 is 34.3 Å². The SMILES string of the molecule is O=C1CC(N(Cc2cccs2)C(=O)c2cccs2)C(=O)N1c1ccc(Cl)cc1. The van der Waals surface area contributed by atoms with Gasteiger partial charge in [0.15, 0.2) is 0 Å². The molecule has 1 aromatic carbocycles. The lowest BCUT2D eigenvalue weighted by molar-refractivity contribution is -0.122. The van der Waals surface area contributed by atoms with Gasteiger partial charge >= 0.3 is 0 Å². The zero-order valence-electron chi connectivity index (χ0n) is 14.6. The van der Waals surface area contributed by atoms with E-state index < -0.39 is 11.9 Å². The van der Waals surface area contributed by atoms with Crippen molar-refractivity contribution in [3.05, 3.63) is 74.1 Å². The summed E-state index contributed by atoms with van der Waals surface area (Å²) in [5.41, 5.74) is 0.460. The van der Waals surface area contributed by atoms with Gasteiger partial charge in [0, 0.05) is 9.90 Å². The summed E-state index contributed by atoms with van der Waals surface area (Å²) in [7, 11) is 0. The third-order valence-electron chi connectivity index (χ3n) is 4.48. The van der Waals surface area contributed by atoms with Gasteiger partial charge in [0.25, 0.3) is 11.8 Å². The number of imide groups is 1. The fourth-order valence-electron chi connectivity index (χ4n) is 3.16. The molecule has 0 spiro atoms. The molecule has 0 radical (unpaired) electrons. The van der Waals surface area contributed by atoms with Crippen LogP contribution in [0.2, 0.25) is 5.02 Å². The highest BCUT2D eigenvalue weighted by atomic mass is 35.5. The first-order chi connectivity index (χ1) is 13.5. The van der Waals surface area contributed by atoms with Crippen LogP contribution in [0.5, 0.6) is 0 Å². The Balaban J connectivity index is 1.66. The number of halogens is 1. The highest BCUT2D eigenvalue weighted by Crippen LogP contribution is 2.29. The fraction of sp³-hybridized carbons (Fsp3) is 0.150. The van der Waals surface area contributed by atoms with Gasteiger partial charge in [-0.2, -0.15) is 0 Å². The van der Waals surface area contributed by atoms with Gasteiger partial charge in [-0.05, 0) is 47.2 Å². The number of hydrogen-bond donors (Lipinski definition) is 0. The number of carbonyl (C=O) groups is 3. The summed E-state index contributed by atoms with van der Waals surface area (Å²) >= 11 is 8.74. The van der Waals surface area contributed by atoms with E-state index in [1.807, 2.05) is 22.9 Å². The van der Waals surface area contributed by atoms with Crippen molar-refractivity contribution in [2.75, 3.05) is 4.90 Å². The Morgan fingerprint density at radius 3 is 2.43 bits per heavy atom. The average Bonchev–Trinajstić information content (AvgIpc) is 3.43. The van der Waals surface area contributed by atoms with E-state index in [-0.39, 0.29) is 24.8 Å². The maximum absolute atomic E-state index is 13.1. The smallest absolute Gasteiger partial charge is 0.264 e. The lowest BCUT2D eigenvalue weighted by atomic mass is 10.2. The highest BCUT2D eigenvalue weighted by molar-refractivity contribution is 7.12. The zero-order chi connectivity index (χ0) is 19.7. The second-order valence-corrected chi connectivity index (χ2v) is 8.67. The maximum atomic E-state index is 13.1. The Bertz CT molecular complexity index is 1000. The Kier molecular flexibility index (Phi) is 5.30. The third kappa shape index (κ3) is 3.61. The molecule has 0 N–H and O–H groups in total. The molecule has 3 heterocycles. The van der Waals surface area contributed by atoms with Gasteiger partial charge in [-0.25, -0.2) is 4.90 Å². The monoisotopic (exact) mass is 430 g/mol. The standard InChI is InChI=1S/C20H15ClN2O3S2/c21-13-5-7-14(8-6-13)23-18(24)11-16(19(23)25)22(12-15-3-1-9-27-15)20(26)17-4-2-10-28-17/h1-10,16H,11-12H2. The molecule has 5 nitrogen and oxygen atoms in total. The van der Waals surface area contributed by atoms with E-state index in [4.69, 9.17) is 11.6 Å². The predicted molar refractivity (Wildman–Crippen MR) is 111 cm³/mol. The molecule has 1 aliphatic rings. The van der Waals surface area contributed by atoms with Crippen LogP contribution in [0, 0.1) is 0 Å². The quantitative estimate of drug-likeness (QED) is 0.562. The van der Waals surface area contributed by atoms with E-state index >= 15 is 0 Å². The minimum Gasteiger partial charge on any atom is -0.320 e. The average molecular weight is 431 g/mol. The lowest BCUT2D eigenvalue weighted by Gasteiger charge is -2.26. The second-order valence-electron chi connectivity index (χ2n) is 6.25. The first-order valence-electron chi connectivity index (χ1n) is 8.54. The summed E-state index contributed by atoms with van der Waals surface area (Å²) in [6, 6.07) is 13.0. The Morgan fingerprint density at radius 2 is 1.79 bits per heavy atom. The topological polar surface area (TPSA) is 57.7 Å². The number of nitrogens with zero attached hydrogens (tertiary/aromatic N) is 2. The van der Waals surface area contributed by atoms with Crippen molar-refractivity contribution in [3.63, 3.8) is 0 Å².